The average Bonchev–Trinajstić information content (AvgIpc) is 3.15. The van der Waals surface area contributed by atoms with E-state index in [1.165, 1.54) is 0 Å². The van der Waals surface area contributed by atoms with Gasteiger partial charge in [-0.05, 0) is 55.7 Å². The van der Waals surface area contributed by atoms with Gasteiger partial charge in [0.05, 0.1) is 16.4 Å². The number of amides is 1. The van der Waals surface area contributed by atoms with Gasteiger partial charge in [-0.25, -0.2) is 0 Å². The largest absolute Gasteiger partial charge is 0.483 e. The summed E-state index contributed by atoms with van der Waals surface area (Å²) in [5.41, 5.74) is 2.68. The number of carbonyl (C=O) groups excluding carboxylic acids is 1. The number of halogens is 1. The van der Waals surface area contributed by atoms with Crippen molar-refractivity contribution >= 4 is 46.2 Å². The second kappa shape index (κ2) is 9.06. The molecule has 2 aromatic rings. The summed E-state index contributed by atoms with van der Waals surface area (Å²) >= 11 is 11.7. The molecular weight excluding hydrogens is 382 g/mol. The molecule has 2 N–H and O–H groups in total. The number of anilines is 2. The summed E-state index contributed by atoms with van der Waals surface area (Å²) in [5.74, 6) is 0.359. The maximum Gasteiger partial charge on any atom is 0.264 e. The minimum absolute atomic E-state index is 0.110. The lowest BCUT2D eigenvalue weighted by molar-refractivity contribution is -0.121. The molecule has 5 nitrogen and oxygen atoms in total. The molecule has 1 amide bonds. The Kier molecular flexibility index (Phi) is 6.53. The van der Waals surface area contributed by atoms with Gasteiger partial charge in [-0.15, -0.1) is 0 Å². The van der Waals surface area contributed by atoms with Gasteiger partial charge in [0.25, 0.3) is 5.91 Å². The first kappa shape index (κ1) is 19.5. The van der Waals surface area contributed by atoms with Crippen molar-refractivity contribution in [1.29, 1.82) is 0 Å². The highest BCUT2D eigenvalue weighted by atomic mass is 35.5. The first-order valence-corrected chi connectivity index (χ1v) is 9.66. The van der Waals surface area contributed by atoms with Crippen molar-refractivity contribution in [2.75, 3.05) is 29.9 Å². The molecule has 7 heteroatoms. The molecule has 0 unspecified atom stereocenters. The fraction of sp³-hybridized carbons (Fsp3) is 0.300. The minimum atomic E-state index is -0.319. The molecule has 0 bridgehead atoms. The Hall–Kier alpha value is -2.31. The molecule has 0 spiro atoms. The fourth-order valence-electron chi connectivity index (χ4n) is 3.06. The SMILES string of the molecule is Cc1ccccc1OCC(=O)NC(=S)Nc1cccc(Cl)c1N1CCCC1. The molecule has 0 radical (unpaired) electrons. The predicted octanol–water partition coefficient (Wildman–Crippen LogP) is 4.14. The van der Waals surface area contributed by atoms with Gasteiger partial charge in [0.1, 0.15) is 5.75 Å². The third-order valence-electron chi connectivity index (χ3n) is 4.36. The highest BCUT2D eigenvalue weighted by molar-refractivity contribution is 7.80. The monoisotopic (exact) mass is 403 g/mol. The van der Waals surface area contributed by atoms with E-state index < -0.39 is 0 Å². The van der Waals surface area contributed by atoms with E-state index >= 15 is 0 Å². The van der Waals surface area contributed by atoms with Gasteiger partial charge in [0, 0.05) is 13.1 Å². The number of nitrogens with zero attached hydrogens (tertiary/aromatic N) is 1. The molecule has 0 atom stereocenters. The molecule has 0 saturated carbocycles. The number of hydrogen-bond donors (Lipinski definition) is 2. The predicted molar refractivity (Wildman–Crippen MR) is 114 cm³/mol. The van der Waals surface area contributed by atoms with Crippen molar-refractivity contribution < 1.29 is 9.53 Å². The van der Waals surface area contributed by atoms with E-state index in [1.807, 2.05) is 49.4 Å². The van der Waals surface area contributed by atoms with Gasteiger partial charge in [-0.1, -0.05) is 35.9 Å². The highest BCUT2D eigenvalue weighted by Crippen LogP contribution is 2.35. The summed E-state index contributed by atoms with van der Waals surface area (Å²) in [7, 11) is 0. The molecule has 2 aromatic carbocycles. The molecule has 142 valence electrons. The normalized spacial score (nSPS) is 13.3. The van der Waals surface area contributed by atoms with Gasteiger partial charge in [-0.2, -0.15) is 0 Å². The second-order valence-electron chi connectivity index (χ2n) is 6.39. The quantitative estimate of drug-likeness (QED) is 0.735. The molecule has 1 aliphatic heterocycles. The summed E-state index contributed by atoms with van der Waals surface area (Å²) in [6.07, 6.45) is 2.28. The molecule has 0 aromatic heterocycles. The van der Waals surface area contributed by atoms with Crippen LogP contribution in [0.1, 0.15) is 18.4 Å². The van der Waals surface area contributed by atoms with E-state index in [1.54, 1.807) is 0 Å². The van der Waals surface area contributed by atoms with Crippen LogP contribution in [-0.4, -0.2) is 30.7 Å². The van der Waals surface area contributed by atoms with Gasteiger partial charge in [0.15, 0.2) is 11.7 Å². The number of aryl methyl sites for hydroxylation is 1. The van der Waals surface area contributed by atoms with Gasteiger partial charge in [0.2, 0.25) is 0 Å². The number of ether oxygens (including phenoxy) is 1. The molecule has 1 fully saturated rings. The van der Waals surface area contributed by atoms with Gasteiger partial charge >= 0.3 is 0 Å². The summed E-state index contributed by atoms with van der Waals surface area (Å²) in [6, 6.07) is 13.2. The van der Waals surface area contributed by atoms with Crippen LogP contribution >= 0.6 is 23.8 Å². The third kappa shape index (κ3) is 5.11. The van der Waals surface area contributed by atoms with E-state index in [0.29, 0.717) is 10.8 Å². The average molecular weight is 404 g/mol. The topological polar surface area (TPSA) is 53.6 Å². The first-order chi connectivity index (χ1) is 13.0. The van der Waals surface area contributed by atoms with Crippen LogP contribution in [0.3, 0.4) is 0 Å². The van der Waals surface area contributed by atoms with E-state index in [0.717, 1.165) is 42.9 Å². The molecular formula is C20H22ClN3O2S. The third-order valence-corrected chi connectivity index (χ3v) is 4.87. The standard InChI is InChI=1S/C20H22ClN3O2S/c1-14-7-2-3-10-17(14)26-13-18(25)23-20(27)22-16-9-6-8-15(21)19(16)24-11-4-5-12-24/h2-3,6-10H,4-5,11-13H2,1H3,(H2,22,23,25,27). The molecule has 0 aliphatic carbocycles. The zero-order chi connectivity index (χ0) is 19.2. The number of rotatable bonds is 5. The summed E-state index contributed by atoms with van der Waals surface area (Å²) in [5, 5.41) is 6.62. The van der Waals surface area contributed by atoms with E-state index in [2.05, 4.69) is 15.5 Å². The Morgan fingerprint density at radius 2 is 1.93 bits per heavy atom. The van der Waals surface area contributed by atoms with Crippen molar-refractivity contribution in [2.45, 2.75) is 19.8 Å². The molecule has 1 aliphatic rings. The number of para-hydroxylation sites is 2. The van der Waals surface area contributed by atoms with Crippen LogP contribution in [0.2, 0.25) is 5.02 Å². The fourth-order valence-corrected chi connectivity index (χ4v) is 3.57. The lowest BCUT2D eigenvalue weighted by Gasteiger charge is -2.23. The number of nitrogens with one attached hydrogen (secondary N) is 2. The number of benzene rings is 2. The van der Waals surface area contributed by atoms with Gasteiger partial charge < -0.3 is 15.0 Å². The Bertz CT molecular complexity index is 838. The number of hydrogen-bond acceptors (Lipinski definition) is 4. The Morgan fingerprint density at radius 1 is 1.19 bits per heavy atom. The van der Waals surface area contributed by atoms with Crippen LogP contribution < -0.4 is 20.3 Å². The molecule has 27 heavy (non-hydrogen) atoms. The van der Waals surface area contributed by atoms with Crippen molar-refractivity contribution in [3.05, 3.63) is 53.1 Å². The molecule has 3 rings (SSSR count). The van der Waals surface area contributed by atoms with Gasteiger partial charge in [-0.3, -0.25) is 10.1 Å². The van der Waals surface area contributed by atoms with Crippen molar-refractivity contribution in [2.24, 2.45) is 0 Å². The van der Waals surface area contributed by atoms with E-state index in [-0.39, 0.29) is 17.6 Å². The van der Waals surface area contributed by atoms with Crippen molar-refractivity contribution in [3.8, 4) is 5.75 Å². The lowest BCUT2D eigenvalue weighted by Crippen LogP contribution is -2.37. The van der Waals surface area contributed by atoms with Crippen LogP contribution in [0.15, 0.2) is 42.5 Å². The Morgan fingerprint density at radius 3 is 2.67 bits per heavy atom. The smallest absolute Gasteiger partial charge is 0.264 e. The maximum atomic E-state index is 12.1. The zero-order valence-electron chi connectivity index (χ0n) is 15.1. The van der Waals surface area contributed by atoms with Crippen LogP contribution in [0.25, 0.3) is 0 Å². The number of thiocarbonyl (C=S) groups is 1. The van der Waals surface area contributed by atoms with Crippen LogP contribution in [-0.2, 0) is 4.79 Å². The summed E-state index contributed by atoms with van der Waals surface area (Å²) < 4.78 is 5.55. The summed E-state index contributed by atoms with van der Waals surface area (Å²) in [6.45, 7) is 3.74. The Labute approximate surface area is 169 Å². The molecule has 1 saturated heterocycles. The minimum Gasteiger partial charge on any atom is -0.483 e. The maximum absolute atomic E-state index is 12.1. The summed E-state index contributed by atoms with van der Waals surface area (Å²) in [4.78, 5) is 14.4. The first-order valence-electron chi connectivity index (χ1n) is 8.87. The van der Waals surface area contributed by atoms with Crippen molar-refractivity contribution in [1.82, 2.24) is 5.32 Å². The van der Waals surface area contributed by atoms with Crippen molar-refractivity contribution in [3.63, 3.8) is 0 Å². The van der Waals surface area contributed by atoms with E-state index in [9.17, 15) is 4.79 Å². The van der Waals surface area contributed by atoms with Crippen LogP contribution in [0, 0.1) is 6.92 Å². The highest BCUT2D eigenvalue weighted by Gasteiger charge is 2.19. The molecule has 1 heterocycles. The van der Waals surface area contributed by atoms with E-state index in [4.69, 9.17) is 28.6 Å². The zero-order valence-corrected chi connectivity index (χ0v) is 16.7. The van der Waals surface area contributed by atoms with Crippen LogP contribution in [0.4, 0.5) is 11.4 Å². The lowest BCUT2D eigenvalue weighted by atomic mass is 10.2. The Balaban J connectivity index is 1.58. The second-order valence-corrected chi connectivity index (χ2v) is 7.20. The van der Waals surface area contributed by atoms with Crippen LogP contribution in [0.5, 0.6) is 5.75 Å². The number of carbonyl (C=O) groups is 1.